The summed E-state index contributed by atoms with van der Waals surface area (Å²) in [5.41, 5.74) is 1.87. The van der Waals surface area contributed by atoms with E-state index < -0.39 is 6.10 Å². The van der Waals surface area contributed by atoms with Gasteiger partial charge >= 0.3 is 0 Å². The molecule has 0 saturated carbocycles. The quantitative estimate of drug-likeness (QED) is 0.689. The summed E-state index contributed by atoms with van der Waals surface area (Å²) in [6.07, 6.45) is 0.441. The normalized spacial score (nSPS) is 20.7. The summed E-state index contributed by atoms with van der Waals surface area (Å²) >= 11 is 0. The minimum atomic E-state index is -0.724. The van der Waals surface area contributed by atoms with Gasteiger partial charge in [-0.2, -0.15) is 0 Å². The van der Waals surface area contributed by atoms with Crippen molar-refractivity contribution in [2.24, 2.45) is 0 Å². The van der Waals surface area contributed by atoms with E-state index in [2.05, 4.69) is 0 Å². The first-order chi connectivity index (χ1) is 14.1. The largest absolute Gasteiger partial charge is 0.497 e. The van der Waals surface area contributed by atoms with E-state index in [1.165, 1.54) is 0 Å². The van der Waals surface area contributed by atoms with Gasteiger partial charge in [-0.15, -0.1) is 0 Å². The number of nitrogens with zero attached hydrogens (tertiary/aromatic N) is 1. The topological polar surface area (TPSA) is 68.2 Å². The Hall–Kier alpha value is -2.99. The molecule has 3 aromatic rings. The average Bonchev–Trinajstić information content (AvgIpc) is 3.13. The molecule has 2 heterocycles. The summed E-state index contributed by atoms with van der Waals surface area (Å²) in [5.74, 6) is 2.10. The van der Waals surface area contributed by atoms with Crippen molar-refractivity contribution in [3.8, 4) is 17.2 Å². The predicted molar refractivity (Wildman–Crippen MR) is 110 cm³/mol. The second-order valence-electron chi connectivity index (χ2n) is 7.63. The third-order valence-corrected chi connectivity index (χ3v) is 6.34. The van der Waals surface area contributed by atoms with E-state index in [0.717, 1.165) is 38.4 Å². The standard InChI is InChI=1S/C23H23NO5/c1-27-12-4-5-13-14(8-12)15-9-19(28-2)20(29-3)10-16(15)17-11-24-18(6-7-21(24)25)23(26)22(13)17/h4-5,8-10,18,23,26H,6-7,11H2,1-3H3. The SMILES string of the molecule is COc1ccc2c3c(c4cc(OC)c(OC)cc4c2c1)CN1C(=O)CCC1C3O. The number of carbonyl (C=O) groups is 1. The highest BCUT2D eigenvalue weighted by Gasteiger charge is 2.42. The number of benzene rings is 3. The fourth-order valence-corrected chi connectivity index (χ4v) is 4.93. The second kappa shape index (κ2) is 6.52. The Morgan fingerprint density at radius 3 is 2.31 bits per heavy atom. The van der Waals surface area contributed by atoms with Crippen molar-refractivity contribution < 1.29 is 24.1 Å². The first-order valence-corrected chi connectivity index (χ1v) is 9.73. The highest BCUT2D eigenvalue weighted by molar-refractivity contribution is 6.12. The zero-order valence-electron chi connectivity index (χ0n) is 16.7. The van der Waals surface area contributed by atoms with E-state index in [1.54, 1.807) is 21.3 Å². The number of aliphatic hydroxyl groups is 1. The van der Waals surface area contributed by atoms with Crippen LogP contribution in [0.5, 0.6) is 17.2 Å². The van der Waals surface area contributed by atoms with Gasteiger partial charge in [-0.05, 0) is 63.4 Å². The average molecular weight is 393 g/mol. The minimum Gasteiger partial charge on any atom is -0.497 e. The fourth-order valence-electron chi connectivity index (χ4n) is 4.93. The zero-order chi connectivity index (χ0) is 20.3. The van der Waals surface area contributed by atoms with Gasteiger partial charge in [0.1, 0.15) is 11.9 Å². The Bertz CT molecular complexity index is 1160. The van der Waals surface area contributed by atoms with Crippen LogP contribution < -0.4 is 14.2 Å². The minimum absolute atomic E-state index is 0.100. The first kappa shape index (κ1) is 18.1. The smallest absolute Gasteiger partial charge is 0.223 e. The van der Waals surface area contributed by atoms with E-state index in [-0.39, 0.29) is 11.9 Å². The van der Waals surface area contributed by atoms with Crippen LogP contribution >= 0.6 is 0 Å². The van der Waals surface area contributed by atoms with Gasteiger partial charge in [-0.1, -0.05) is 6.07 Å². The van der Waals surface area contributed by atoms with Crippen LogP contribution in [-0.4, -0.2) is 43.3 Å². The van der Waals surface area contributed by atoms with Crippen LogP contribution in [0.3, 0.4) is 0 Å². The molecule has 0 radical (unpaired) electrons. The number of hydrogen-bond donors (Lipinski definition) is 1. The molecule has 150 valence electrons. The summed E-state index contributed by atoms with van der Waals surface area (Å²) in [4.78, 5) is 14.2. The van der Waals surface area contributed by atoms with Gasteiger partial charge in [0, 0.05) is 13.0 Å². The molecule has 1 N–H and O–H groups in total. The van der Waals surface area contributed by atoms with Crippen molar-refractivity contribution in [1.29, 1.82) is 0 Å². The number of ether oxygens (including phenoxy) is 3. The van der Waals surface area contributed by atoms with Gasteiger partial charge in [0.05, 0.1) is 27.4 Å². The molecular formula is C23H23NO5. The molecule has 1 fully saturated rings. The molecule has 2 atom stereocenters. The monoisotopic (exact) mass is 393 g/mol. The van der Waals surface area contributed by atoms with E-state index >= 15 is 0 Å². The van der Waals surface area contributed by atoms with Crippen LogP contribution in [0, 0.1) is 0 Å². The van der Waals surface area contributed by atoms with Gasteiger partial charge in [-0.25, -0.2) is 0 Å². The predicted octanol–water partition coefficient (Wildman–Crippen LogP) is 3.56. The molecule has 6 nitrogen and oxygen atoms in total. The Labute approximate surface area is 168 Å². The summed E-state index contributed by atoms with van der Waals surface area (Å²) < 4.78 is 16.5. The van der Waals surface area contributed by atoms with E-state index in [0.29, 0.717) is 30.9 Å². The molecule has 2 aliphatic heterocycles. The van der Waals surface area contributed by atoms with Crippen LogP contribution in [0.2, 0.25) is 0 Å². The van der Waals surface area contributed by atoms with Crippen LogP contribution in [0.15, 0.2) is 30.3 Å². The molecule has 2 aliphatic rings. The molecule has 0 aromatic heterocycles. The number of fused-ring (bicyclic) bond motifs is 7. The molecule has 0 aliphatic carbocycles. The maximum Gasteiger partial charge on any atom is 0.223 e. The van der Waals surface area contributed by atoms with E-state index in [9.17, 15) is 9.90 Å². The third kappa shape index (κ3) is 2.48. The van der Waals surface area contributed by atoms with Crippen molar-refractivity contribution >= 4 is 27.5 Å². The molecule has 1 amide bonds. The summed E-state index contributed by atoms with van der Waals surface area (Å²) in [6, 6.07) is 9.63. The van der Waals surface area contributed by atoms with Gasteiger partial charge in [0.15, 0.2) is 11.5 Å². The van der Waals surface area contributed by atoms with Gasteiger partial charge in [-0.3, -0.25) is 4.79 Å². The lowest BCUT2D eigenvalue weighted by molar-refractivity contribution is -0.131. The second-order valence-corrected chi connectivity index (χ2v) is 7.63. The van der Waals surface area contributed by atoms with Gasteiger partial charge in [0.25, 0.3) is 0 Å². The Morgan fingerprint density at radius 2 is 1.62 bits per heavy atom. The highest BCUT2D eigenvalue weighted by atomic mass is 16.5. The molecule has 2 unspecified atom stereocenters. The van der Waals surface area contributed by atoms with Crippen molar-refractivity contribution in [3.05, 3.63) is 41.5 Å². The molecule has 0 bridgehead atoms. The number of amides is 1. The Morgan fingerprint density at radius 1 is 0.931 bits per heavy atom. The lowest BCUT2D eigenvalue weighted by atomic mass is 9.83. The first-order valence-electron chi connectivity index (χ1n) is 9.73. The Kier molecular flexibility index (Phi) is 4.06. The van der Waals surface area contributed by atoms with Crippen LogP contribution in [-0.2, 0) is 11.3 Å². The summed E-state index contributed by atoms with van der Waals surface area (Å²) in [7, 11) is 4.86. The molecule has 0 spiro atoms. The van der Waals surface area contributed by atoms with Crippen LogP contribution in [0.25, 0.3) is 21.5 Å². The van der Waals surface area contributed by atoms with Crippen molar-refractivity contribution in [3.63, 3.8) is 0 Å². The number of aliphatic hydroxyl groups excluding tert-OH is 1. The van der Waals surface area contributed by atoms with Gasteiger partial charge in [0.2, 0.25) is 5.91 Å². The Balaban J connectivity index is 1.91. The number of methoxy groups -OCH3 is 3. The van der Waals surface area contributed by atoms with Crippen LogP contribution in [0.1, 0.15) is 30.1 Å². The van der Waals surface area contributed by atoms with Gasteiger partial charge < -0.3 is 24.2 Å². The maximum absolute atomic E-state index is 12.4. The van der Waals surface area contributed by atoms with Crippen LogP contribution in [0.4, 0.5) is 0 Å². The number of hydrogen-bond acceptors (Lipinski definition) is 5. The molecule has 5 rings (SSSR count). The zero-order valence-corrected chi connectivity index (χ0v) is 16.7. The van der Waals surface area contributed by atoms with E-state index in [1.807, 2.05) is 35.2 Å². The third-order valence-electron chi connectivity index (χ3n) is 6.34. The fraction of sp³-hybridized carbons (Fsp3) is 0.348. The molecule has 29 heavy (non-hydrogen) atoms. The maximum atomic E-state index is 12.4. The molecule has 6 heteroatoms. The lowest BCUT2D eigenvalue weighted by Crippen LogP contribution is -2.41. The number of rotatable bonds is 3. The number of carbonyl (C=O) groups excluding carboxylic acids is 1. The molecule has 3 aromatic carbocycles. The summed E-state index contributed by atoms with van der Waals surface area (Å²) in [5, 5.41) is 15.2. The van der Waals surface area contributed by atoms with Crippen molar-refractivity contribution in [2.75, 3.05) is 21.3 Å². The van der Waals surface area contributed by atoms with Crippen molar-refractivity contribution in [2.45, 2.75) is 31.5 Å². The highest BCUT2D eigenvalue weighted by Crippen LogP contribution is 2.47. The van der Waals surface area contributed by atoms with E-state index in [4.69, 9.17) is 14.2 Å². The molecular weight excluding hydrogens is 370 g/mol. The van der Waals surface area contributed by atoms with Crippen molar-refractivity contribution in [1.82, 2.24) is 4.90 Å². The molecule has 1 saturated heterocycles. The lowest BCUT2D eigenvalue weighted by Gasteiger charge is -2.37. The summed E-state index contributed by atoms with van der Waals surface area (Å²) in [6.45, 7) is 0.490.